The topological polar surface area (TPSA) is 33.2 Å². The van der Waals surface area contributed by atoms with Gasteiger partial charge in [-0.15, -0.1) is 0 Å². The molecule has 0 radical (unpaired) electrons. The highest BCUT2D eigenvalue weighted by atomic mass is 16.1. The number of likely N-dealkylation sites (tertiary alicyclic amines) is 1. The van der Waals surface area contributed by atoms with Crippen LogP contribution in [-0.2, 0) is 4.79 Å². The first kappa shape index (κ1) is 11.3. The van der Waals surface area contributed by atoms with Gasteiger partial charge < -0.3 is 0 Å². The SMILES string of the molecule is CC(=O)C(c1cccnc1)N1CCCCC1. The summed E-state index contributed by atoms with van der Waals surface area (Å²) >= 11 is 0. The zero-order chi connectivity index (χ0) is 11.4. The summed E-state index contributed by atoms with van der Waals surface area (Å²) in [5, 5.41) is 0. The molecule has 3 nitrogen and oxygen atoms in total. The van der Waals surface area contributed by atoms with E-state index in [-0.39, 0.29) is 11.8 Å². The Kier molecular flexibility index (Phi) is 3.67. The van der Waals surface area contributed by atoms with Gasteiger partial charge in [-0.1, -0.05) is 12.5 Å². The maximum absolute atomic E-state index is 11.8. The summed E-state index contributed by atoms with van der Waals surface area (Å²) in [6.07, 6.45) is 7.24. The Morgan fingerprint density at radius 3 is 2.69 bits per heavy atom. The molecule has 0 saturated carbocycles. The number of carbonyl (C=O) groups is 1. The number of rotatable bonds is 3. The molecule has 0 amide bonds. The minimum absolute atomic E-state index is 0.0889. The number of nitrogens with zero attached hydrogens (tertiary/aromatic N) is 2. The number of piperidine rings is 1. The number of hydrogen-bond donors (Lipinski definition) is 0. The lowest BCUT2D eigenvalue weighted by Crippen LogP contribution is -2.37. The van der Waals surface area contributed by atoms with Gasteiger partial charge in [0.15, 0.2) is 5.78 Å². The molecule has 2 rings (SSSR count). The van der Waals surface area contributed by atoms with Crippen molar-refractivity contribution in [2.24, 2.45) is 0 Å². The van der Waals surface area contributed by atoms with Crippen molar-refractivity contribution >= 4 is 5.78 Å². The first-order chi connectivity index (χ1) is 7.79. The highest BCUT2D eigenvalue weighted by Gasteiger charge is 2.25. The maximum Gasteiger partial charge on any atom is 0.151 e. The Labute approximate surface area is 96.5 Å². The summed E-state index contributed by atoms with van der Waals surface area (Å²) in [7, 11) is 0. The number of ketones is 1. The van der Waals surface area contributed by atoms with E-state index in [1.165, 1.54) is 19.3 Å². The van der Waals surface area contributed by atoms with Gasteiger partial charge >= 0.3 is 0 Å². The molecule has 0 N–H and O–H groups in total. The van der Waals surface area contributed by atoms with E-state index in [2.05, 4.69) is 9.88 Å². The Morgan fingerprint density at radius 1 is 1.38 bits per heavy atom. The number of Topliss-reactive ketones (excluding diaryl/α,β-unsaturated/α-hetero) is 1. The molecule has 1 aliphatic rings. The fourth-order valence-corrected chi connectivity index (χ4v) is 2.42. The molecule has 1 fully saturated rings. The van der Waals surface area contributed by atoms with E-state index in [0.29, 0.717) is 0 Å². The predicted molar refractivity (Wildman–Crippen MR) is 63.1 cm³/mol. The molecule has 1 saturated heterocycles. The quantitative estimate of drug-likeness (QED) is 0.779. The van der Waals surface area contributed by atoms with E-state index in [9.17, 15) is 4.79 Å². The van der Waals surface area contributed by atoms with E-state index < -0.39 is 0 Å². The summed E-state index contributed by atoms with van der Waals surface area (Å²) in [5.41, 5.74) is 1.02. The van der Waals surface area contributed by atoms with Crippen LogP contribution in [0, 0.1) is 0 Å². The van der Waals surface area contributed by atoms with Gasteiger partial charge in [-0.05, 0) is 44.5 Å². The lowest BCUT2D eigenvalue weighted by Gasteiger charge is -2.33. The lowest BCUT2D eigenvalue weighted by molar-refractivity contribution is -0.122. The zero-order valence-corrected chi connectivity index (χ0v) is 9.72. The van der Waals surface area contributed by atoms with Gasteiger partial charge in [0.2, 0.25) is 0 Å². The zero-order valence-electron chi connectivity index (χ0n) is 9.72. The van der Waals surface area contributed by atoms with Crippen molar-refractivity contribution in [2.75, 3.05) is 13.1 Å². The molecule has 1 aromatic rings. The van der Waals surface area contributed by atoms with Crippen LogP contribution in [0.1, 0.15) is 37.8 Å². The molecular weight excluding hydrogens is 200 g/mol. The predicted octanol–water partition coefficient (Wildman–Crippen LogP) is 2.20. The van der Waals surface area contributed by atoms with E-state index in [1.54, 1.807) is 19.3 Å². The molecule has 2 heterocycles. The van der Waals surface area contributed by atoms with Crippen LogP contribution in [0.4, 0.5) is 0 Å². The summed E-state index contributed by atoms with van der Waals surface area (Å²) in [6.45, 7) is 3.73. The van der Waals surface area contributed by atoms with Crippen LogP contribution in [0.2, 0.25) is 0 Å². The van der Waals surface area contributed by atoms with E-state index in [1.807, 2.05) is 12.1 Å². The third kappa shape index (κ3) is 2.47. The van der Waals surface area contributed by atoms with Gasteiger partial charge in [-0.3, -0.25) is 14.7 Å². The fourth-order valence-electron chi connectivity index (χ4n) is 2.42. The summed E-state index contributed by atoms with van der Waals surface area (Å²) < 4.78 is 0. The normalized spacial score (nSPS) is 19.3. The van der Waals surface area contributed by atoms with Crippen molar-refractivity contribution in [3.63, 3.8) is 0 Å². The molecule has 0 aromatic carbocycles. The van der Waals surface area contributed by atoms with Crippen LogP contribution >= 0.6 is 0 Å². The van der Waals surface area contributed by atoms with E-state index >= 15 is 0 Å². The van der Waals surface area contributed by atoms with Crippen LogP contribution in [0.5, 0.6) is 0 Å². The smallest absolute Gasteiger partial charge is 0.151 e. The standard InChI is InChI=1S/C13H18N2O/c1-11(16)13(12-6-5-7-14-10-12)15-8-3-2-4-9-15/h5-7,10,13H,2-4,8-9H2,1H3. The van der Waals surface area contributed by atoms with Crippen LogP contribution in [0.15, 0.2) is 24.5 Å². The molecule has 0 aliphatic carbocycles. The molecule has 16 heavy (non-hydrogen) atoms. The maximum atomic E-state index is 11.8. The molecule has 1 aliphatic heterocycles. The van der Waals surface area contributed by atoms with Crippen molar-refractivity contribution in [1.82, 2.24) is 9.88 Å². The average Bonchev–Trinajstić information content (AvgIpc) is 2.31. The molecule has 3 heteroatoms. The van der Waals surface area contributed by atoms with E-state index in [0.717, 1.165) is 18.7 Å². The first-order valence-electron chi connectivity index (χ1n) is 5.93. The summed E-state index contributed by atoms with van der Waals surface area (Å²) in [6, 6.07) is 3.80. The Balaban J connectivity index is 2.20. The second kappa shape index (κ2) is 5.21. The van der Waals surface area contributed by atoms with Gasteiger partial charge in [-0.2, -0.15) is 0 Å². The van der Waals surface area contributed by atoms with Gasteiger partial charge in [-0.25, -0.2) is 0 Å². The minimum Gasteiger partial charge on any atom is -0.298 e. The van der Waals surface area contributed by atoms with Crippen molar-refractivity contribution in [3.05, 3.63) is 30.1 Å². The highest BCUT2D eigenvalue weighted by Crippen LogP contribution is 2.24. The van der Waals surface area contributed by atoms with Crippen molar-refractivity contribution in [3.8, 4) is 0 Å². The largest absolute Gasteiger partial charge is 0.298 e. The number of hydrogen-bond acceptors (Lipinski definition) is 3. The van der Waals surface area contributed by atoms with Crippen LogP contribution in [0.25, 0.3) is 0 Å². The fraction of sp³-hybridized carbons (Fsp3) is 0.538. The van der Waals surface area contributed by atoms with Gasteiger partial charge in [0, 0.05) is 12.4 Å². The second-order valence-corrected chi connectivity index (χ2v) is 4.40. The molecule has 0 bridgehead atoms. The molecule has 86 valence electrons. The third-order valence-electron chi connectivity index (χ3n) is 3.14. The molecular formula is C13H18N2O. The summed E-state index contributed by atoms with van der Waals surface area (Å²) in [4.78, 5) is 18.2. The summed E-state index contributed by atoms with van der Waals surface area (Å²) in [5.74, 6) is 0.218. The number of aromatic nitrogens is 1. The van der Waals surface area contributed by atoms with Crippen LogP contribution in [-0.4, -0.2) is 28.8 Å². The lowest BCUT2D eigenvalue weighted by atomic mass is 10.0. The first-order valence-corrected chi connectivity index (χ1v) is 5.93. The molecule has 1 unspecified atom stereocenters. The average molecular weight is 218 g/mol. The van der Waals surface area contributed by atoms with Crippen LogP contribution < -0.4 is 0 Å². The van der Waals surface area contributed by atoms with Crippen molar-refractivity contribution in [2.45, 2.75) is 32.2 Å². The Bertz CT molecular complexity index is 344. The second-order valence-electron chi connectivity index (χ2n) is 4.40. The monoisotopic (exact) mass is 218 g/mol. The Hall–Kier alpha value is -1.22. The number of pyridine rings is 1. The minimum atomic E-state index is -0.0889. The van der Waals surface area contributed by atoms with Gasteiger partial charge in [0.05, 0.1) is 6.04 Å². The van der Waals surface area contributed by atoms with Gasteiger partial charge in [0.25, 0.3) is 0 Å². The third-order valence-corrected chi connectivity index (χ3v) is 3.14. The Morgan fingerprint density at radius 2 is 2.12 bits per heavy atom. The van der Waals surface area contributed by atoms with E-state index in [4.69, 9.17) is 0 Å². The number of carbonyl (C=O) groups excluding carboxylic acids is 1. The van der Waals surface area contributed by atoms with Gasteiger partial charge in [0.1, 0.15) is 0 Å². The van der Waals surface area contributed by atoms with Crippen molar-refractivity contribution in [1.29, 1.82) is 0 Å². The van der Waals surface area contributed by atoms with Crippen molar-refractivity contribution < 1.29 is 4.79 Å². The highest BCUT2D eigenvalue weighted by molar-refractivity contribution is 5.82. The molecule has 1 atom stereocenters. The van der Waals surface area contributed by atoms with Crippen LogP contribution in [0.3, 0.4) is 0 Å². The molecule has 0 spiro atoms. The molecule has 1 aromatic heterocycles.